The molecule has 0 aliphatic heterocycles. The second kappa shape index (κ2) is 15.9. The summed E-state index contributed by atoms with van der Waals surface area (Å²) in [5, 5.41) is 10.0. The Labute approximate surface area is 374 Å². The Bertz CT molecular complexity index is 3630. The summed E-state index contributed by atoms with van der Waals surface area (Å²) in [6.07, 6.45) is 0. The minimum atomic E-state index is 1.18. The first-order chi connectivity index (χ1) is 31.8. The second-order valence-corrected chi connectivity index (χ2v) is 16.7. The van der Waals surface area contributed by atoms with Gasteiger partial charge in [0.05, 0.1) is 0 Å². The van der Waals surface area contributed by atoms with Crippen LogP contribution < -0.4 is 0 Å². The third kappa shape index (κ3) is 6.48. The van der Waals surface area contributed by atoms with Crippen molar-refractivity contribution in [1.82, 2.24) is 0 Å². The van der Waals surface area contributed by atoms with Crippen LogP contribution in [-0.4, -0.2) is 0 Å². The number of benzene rings is 12. The predicted octanol–water partition coefficient (Wildman–Crippen LogP) is 18.0. The molecule has 12 aromatic rings. The van der Waals surface area contributed by atoms with Gasteiger partial charge >= 0.3 is 0 Å². The Hall–Kier alpha value is -8.32. The summed E-state index contributed by atoms with van der Waals surface area (Å²) in [7, 11) is 0. The molecule has 0 nitrogen and oxygen atoms in total. The van der Waals surface area contributed by atoms with E-state index in [2.05, 4.69) is 255 Å². The lowest BCUT2D eigenvalue weighted by Crippen LogP contribution is -1.94. The van der Waals surface area contributed by atoms with Crippen molar-refractivity contribution in [2.45, 2.75) is 0 Å². The van der Waals surface area contributed by atoms with Gasteiger partial charge in [-0.1, -0.05) is 237 Å². The van der Waals surface area contributed by atoms with Gasteiger partial charge in [-0.25, -0.2) is 0 Å². The molecule has 12 aromatic carbocycles. The molecular formula is C64H42. The lowest BCUT2D eigenvalue weighted by Gasteiger charge is -2.21. The fourth-order valence-electron chi connectivity index (χ4n) is 10.1. The van der Waals surface area contributed by atoms with Gasteiger partial charge in [0.2, 0.25) is 0 Å². The lowest BCUT2D eigenvalue weighted by molar-refractivity contribution is 1.56. The van der Waals surface area contributed by atoms with Crippen molar-refractivity contribution in [3.05, 3.63) is 255 Å². The average molecular weight is 811 g/mol. The smallest absolute Gasteiger partial charge is 0.00199 e. The molecule has 0 aliphatic carbocycles. The van der Waals surface area contributed by atoms with E-state index in [-0.39, 0.29) is 0 Å². The van der Waals surface area contributed by atoms with E-state index < -0.39 is 0 Å². The van der Waals surface area contributed by atoms with Gasteiger partial charge in [-0.3, -0.25) is 0 Å². The van der Waals surface area contributed by atoms with E-state index in [0.717, 1.165) is 0 Å². The largest absolute Gasteiger partial charge is 0.0622 e. The molecule has 0 amide bonds. The third-order valence-corrected chi connectivity index (χ3v) is 13.1. The van der Waals surface area contributed by atoms with Crippen LogP contribution in [0.5, 0.6) is 0 Å². The van der Waals surface area contributed by atoms with Gasteiger partial charge in [-0.15, -0.1) is 0 Å². The zero-order chi connectivity index (χ0) is 42.4. The summed E-state index contributed by atoms with van der Waals surface area (Å²) < 4.78 is 0. The molecule has 0 atom stereocenters. The van der Waals surface area contributed by atoms with E-state index >= 15 is 0 Å². The van der Waals surface area contributed by atoms with Gasteiger partial charge in [0.1, 0.15) is 0 Å². The first-order valence-electron chi connectivity index (χ1n) is 22.2. The number of hydrogen-bond acceptors (Lipinski definition) is 0. The molecule has 0 unspecified atom stereocenters. The minimum Gasteiger partial charge on any atom is -0.0622 e. The van der Waals surface area contributed by atoms with Gasteiger partial charge < -0.3 is 0 Å². The van der Waals surface area contributed by atoms with Gasteiger partial charge in [-0.05, 0) is 139 Å². The van der Waals surface area contributed by atoms with E-state index in [4.69, 9.17) is 0 Å². The fourth-order valence-corrected chi connectivity index (χ4v) is 10.1. The minimum absolute atomic E-state index is 1.18. The molecule has 0 bridgehead atoms. The number of fused-ring (bicyclic) bond motifs is 5. The molecule has 298 valence electrons. The zero-order valence-electron chi connectivity index (χ0n) is 35.2. The molecule has 0 fully saturated rings. The highest BCUT2D eigenvalue weighted by molar-refractivity contribution is 6.22. The van der Waals surface area contributed by atoms with Crippen LogP contribution in [0, 0.1) is 0 Å². The van der Waals surface area contributed by atoms with E-state index in [9.17, 15) is 0 Å². The van der Waals surface area contributed by atoms with E-state index in [1.807, 2.05) is 0 Å². The summed E-state index contributed by atoms with van der Waals surface area (Å²) in [5.74, 6) is 0. The standard InChI is InChI=1S/C64H42/c1-3-18-43(19-4-1)44-34-36-45(37-35-44)54-39-38-50(42-62(54)64-59-32-15-13-30-57(59)63(46-20-5-2-6-21-46)58-31-14-16-33-60(58)64)52-26-10-9-25-51(52)47-23-17-24-48(40-47)61-41-49-22-7-8-27-53(49)55-28-11-12-29-56(55)61/h1-42H. The van der Waals surface area contributed by atoms with Crippen LogP contribution in [-0.2, 0) is 0 Å². The summed E-state index contributed by atoms with van der Waals surface area (Å²) in [4.78, 5) is 0. The van der Waals surface area contributed by atoms with Crippen LogP contribution in [0.3, 0.4) is 0 Å². The molecule has 0 saturated carbocycles. The summed E-state index contributed by atoms with van der Waals surface area (Å²) in [6, 6.07) is 93.6. The van der Waals surface area contributed by atoms with E-state index in [0.29, 0.717) is 0 Å². The summed E-state index contributed by atoms with van der Waals surface area (Å²) in [6.45, 7) is 0. The molecule has 0 saturated heterocycles. The van der Waals surface area contributed by atoms with Crippen molar-refractivity contribution in [2.75, 3.05) is 0 Å². The highest BCUT2D eigenvalue weighted by Gasteiger charge is 2.21. The second-order valence-electron chi connectivity index (χ2n) is 16.7. The molecule has 0 N–H and O–H groups in total. The highest BCUT2D eigenvalue weighted by atomic mass is 14.2. The third-order valence-electron chi connectivity index (χ3n) is 13.1. The van der Waals surface area contributed by atoms with Crippen molar-refractivity contribution in [3.63, 3.8) is 0 Å². The molecule has 0 spiro atoms. The first kappa shape index (κ1) is 37.4. The van der Waals surface area contributed by atoms with Crippen molar-refractivity contribution in [2.24, 2.45) is 0 Å². The van der Waals surface area contributed by atoms with Crippen LogP contribution in [0.2, 0.25) is 0 Å². The SMILES string of the molecule is c1ccc(-c2ccc(-c3ccc(-c4ccccc4-c4cccc(-c5cc6ccccc6c6ccccc56)c4)cc3-c3c4ccccc4c(-c4ccccc4)c4ccccc34)cc2)cc1. The first-order valence-corrected chi connectivity index (χ1v) is 22.2. The molecule has 0 heteroatoms. The topological polar surface area (TPSA) is 0 Å². The molecular weight excluding hydrogens is 769 g/mol. The number of hydrogen-bond donors (Lipinski definition) is 0. The van der Waals surface area contributed by atoms with Crippen molar-refractivity contribution in [1.29, 1.82) is 0 Å². The summed E-state index contributed by atoms with van der Waals surface area (Å²) in [5.41, 5.74) is 17.0. The maximum atomic E-state index is 2.45. The van der Waals surface area contributed by atoms with Crippen LogP contribution >= 0.6 is 0 Å². The summed E-state index contributed by atoms with van der Waals surface area (Å²) >= 11 is 0. The van der Waals surface area contributed by atoms with Gasteiger partial charge in [0.25, 0.3) is 0 Å². The predicted molar refractivity (Wildman–Crippen MR) is 275 cm³/mol. The van der Waals surface area contributed by atoms with Crippen LogP contribution in [0.15, 0.2) is 255 Å². The van der Waals surface area contributed by atoms with Crippen LogP contribution in [0.4, 0.5) is 0 Å². The van der Waals surface area contributed by atoms with Crippen LogP contribution in [0.25, 0.3) is 121 Å². The van der Waals surface area contributed by atoms with Crippen molar-refractivity contribution >= 4 is 43.1 Å². The Balaban J connectivity index is 1.07. The molecule has 12 rings (SSSR count). The fraction of sp³-hybridized carbons (Fsp3) is 0. The molecule has 0 aliphatic rings. The zero-order valence-corrected chi connectivity index (χ0v) is 35.2. The maximum Gasteiger partial charge on any atom is -0.00199 e. The van der Waals surface area contributed by atoms with Crippen molar-refractivity contribution in [3.8, 4) is 77.9 Å². The van der Waals surface area contributed by atoms with E-state index in [1.54, 1.807) is 0 Å². The highest BCUT2D eigenvalue weighted by Crippen LogP contribution is 2.48. The van der Waals surface area contributed by atoms with Gasteiger partial charge in [-0.2, -0.15) is 0 Å². The Morgan fingerprint density at radius 2 is 0.562 bits per heavy atom. The lowest BCUT2D eigenvalue weighted by atomic mass is 9.82. The monoisotopic (exact) mass is 810 g/mol. The van der Waals surface area contributed by atoms with Gasteiger partial charge in [0.15, 0.2) is 0 Å². The Morgan fingerprint density at radius 1 is 0.156 bits per heavy atom. The maximum absolute atomic E-state index is 2.45. The number of rotatable bonds is 7. The van der Waals surface area contributed by atoms with Crippen molar-refractivity contribution < 1.29 is 0 Å². The molecule has 0 heterocycles. The Morgan fingerprint density at radius 3 is 1.20 bits per heavy atom. The molecule has 0 aromatic heterocycles. The quantitative estimate of drug-likeness (QED) is 0.111. The molecule has 64 heavy (non-hydrogen) atoms. The Kier molecular flexibility index (Phi) is 9.28. The van der Waals surface area contributed by atoms with Crippen LogP contribution in [0.1, 0.15) is 0 Å². The van der Waals surface area contributed by atoms with E-state index in [1.165, 1.54) is 121 Å². The normalized spacial score (nSPS) is 11.4. The average Bonchev–Trinajstić information content (AvgIpc) is 3.38. The van der Waals surface area contributed by atoms with Gasteiger partial charge in [0, 0.05) is 0 Å². The molecule has 0 radical (unpaired) electrons.